The number of halogens is 1. The van der Waals surface area contributed by atoms with E-state index in [2.05, 4.69) is 10.6 Å². The number of sulfone groups is 1. The summed E-state index contributed by atoms with van der Waals surface area (Å²) < 4.78 is 33.5. The Balaban J connectivity index is 2.01. The zero-order valence-electron chi connectivity index (χ0n) is 13.8. The molecule has 1 aliphatic rings. The average molecular weight is 377 g/mol. The fourth-order valence-electron chi connectivity index (χ4n) is 2.60. The molecule has 1 aromatic rings. The van der Waals surface area contributed by atoms with Crippen LogP contribution in [0.4, 0.5) is 5.69 Å². The lowest BCUT2D eigenvalue weighted by atomic mass is 10.0. The summed E-state index contributed by atoms with van der Waals surface area (Å²) in [7, 11) is -0.0717. The van der Waals surface area contributed by atoms with Crippen LogP contribution >= 0.6 is 11.6 Å². The minimum atomic E-state index is -3.03. The van der Waals surface area contributed by atoms with Gasteiger partial charge in [0.15, 0.2) is 9.84 Å². The smallest absolute Gasteiger partial charge is 0.238 e. The van der Waals surface area contributed by atoms with Crippen molar-refractivity contribution in [2.24, 2.45) is 0 Å². The maximum Gasteiger partial charge on any atom is 0.238 e. The van der Waals surface area contributed by atoms with Crippen molar-refractivity contribution in [2.45, 2.75) is 18.9 Å². The Hall–Kier alpha value is -1.51. The van der Waals surface area contributed by atoms with Crippen molar-refractivity contribution in [2.75, 3.05) is 37.6 Å². The van der Waals surface area contributed by atoms with Crippen molar-refractivity contribution in [1.29, 1.82) is 0 Å². The molecule has 0 aliphatic carbocycles. The van der Waals surface area contributed by atoms with Crippen LogP contribution in [0.25, 0.3) is 0 Å². The molecule has 1 aromatic carbocycles. The normalized spacial score (nSPS) is 22.2. The first-order valence-corrected chi connectivity index (χ1v) is 9.55. The first-order chi connectivity index (χ1) is 11.2. The summed E-state index contributed by atoms with van der Waals surface area (Å²) in [5.74, 6) is 0.706. The van der Waals surface area contributed by atoms with Gasteiger partial charge in [-0.2, -0.15) is 0 Å². The quantitative estimate of drug-likeness (QED) is 0.780. The van der Waals surface area contributed by atoms with Crippen LogP contribution in [-0.4, -0.2) is 52.1 Å². The molecule has 2 rings (SSSR count). The molecule has 0 spiro atoms. The van der Waals surface area contributed by atoms with E-state index in [-0.39, 0.29) is 24.0 Å². The summed E-state index contributed by atoms with van der Waals surface area (Å²) in [6.07, 6.45) is 0.486. The second-order valence-corrected chi connectivity index (χ2v) is 8.58. The van der Waals surface area contributed by atoms with E-state index in [0.717, 1.165) is 0 Å². The van der Waals surface area contributed by atoms with Gasteiger partial charge in [-0.25, -0.2) is 8.42 Å². The molecule has 1 heterocycles. The Morgan fingerprint density at radius 2 is 1.96 bits per heavy atom. The van der Waals surface area contributed by atoms with Crippen molar-refractivity contribution in [3.8, 4) is 11.5 Å². The topological polar surface area (TPSA) is 93.7 Å². The van der Waals surface area contributed by atoms with E-state index in [1.807, 2.05) is 0 Å². The number of carbonyl (C=O) groups excluding carboxylic acids is 1. The third kappa shape index (κ3) is 4.52. The number of benzene rings is 1. The molecule has 1 fully saturated rings. The zero-order chi connectivity index (χ0) is 18.0. The van der Waals surface area contributed by atoms with Crippen molar-refractivity contribution < 1.29 is 22.7 Å². The summed E-state index contributed by atoms with van der Waals surface area (Å²) in [6, 6.07) is 3.12. The van der Waals surface area contributed by atoms with E-state index in [1.54, 1.807) is 19.1 Å². The maximum absolute atomic E-state index is 12.2. The highest BCUT2D eigenvalue weighted by molar-refractivity contribution is 7.91. The first kappa shape index (κ1) is 18.8. The predicted octanol–water partition coefficient (Wildman–Crippen LogP) is 1.46. The number of hydrogen-bond acceptors (Lipinski definition) is 6. The van der Waals surface area contributed by atoms with Gasteiger partial charge in [-0.3, -0.25) is 4.79 Å². The van der Waals surface area contributed by atoms with Crippen LogP contribution in [0.2, 0.25) is 5.02 Å². The Morgan fingerprint density at radius 1 is 1.29 bits per heavy atom. The maximum atomic E-state index is 12.2. The van der Waals surface area contributed by atoms with Gasteiger partial charge >= 0.3 is 0 Å². The second kappa shape index (κ2) is 7.16. The van der Waals surface area contributed by atoms with Crippen LogP contribution in [0.5, 0.6) is 11.5 Å². The van der Waals surface area contributed by atoms with Crippen molar-refractivity contribution >= 4 is 33.0 Å². The molecular weight excluding hydrogens is 356 g/mol. The van der Waals surface area contributed by atoms with Gasteiger partial charge < -0.3 is 20.1 Å². The summed E-state index contributed by atoms with van der Waals surface area (Å²) in [4.78, 5) is 12.2. The molecule has 0 saturated carbocycles. The molecule has 2 N–H and O–H groups in total. The Kier molecular flexibility index (Phi) is 5.62. The lowest BCUT2D eigenvalue weighted by Gasteiger charge is -2.23. The highest BCUT2D eigenvalue weighted by Gasteiger charge is 2.38. The number of hydrogen-bond donors (Lipinski definition) is 2. The lowest BCUT2D eigenvalue weighted by molar-refractivity contribution is -0.115. The van der Waals surface area contributed by atoms with Crippen LogP contribution in [0.3, 0.4) is 0 Å². The molecule has 1 amide bonds. The van der Waals surface area contributed by atoms with Gasteiger partial charge in [0, 0.05) is 11.6 Å². The van der Waals surface area contributed by atoms with Gasteiger partial charge in [0.2, 0.25) is 5.91 Å². The van der Waals surface area contributed by atoms with Gasteiger partial charge in [-0.05, 0) is 19.4 Å². The van der Waals surface area contributed by atoms with Gasteiger partial charge in [-0.15, -0.1) is 0 Å². The van der Waals surface area contributed by atoms with Crippen LogP contribution in [0.15, 0.2) is 12.1 Å². The molecule has 1 saturated heterocycles. The fraction of sp³-hybridized carbons (Fsp3) is 0.533. The van der Waals surface area contributed by atoms with Crippen LogP contribution in [0.1, 0.15) is 13.3 Å². The molecule has 1 atom stereocenters. The second-order valence-electron chi connectivity index (χ2n) is 5.99. The van der Waals surface area contributed by atoms with E-state index in [4.69, 9.17) is 21.1 Å². The Morgan fingerprint density at radius 3 is 2.50 bits per heavy atom. The Labute approximate surface area is 146 Å². The largest absolute Gasteiger partial charge is 0.495 e. The molecule has 1 aliphatic heterocycles. The molecule has 0 aromatic heterocycles. The molecular formula is C15H21ClN2O5S. The first-order valence-electron chi connectivity index (χ1n) is 7.35. The predicted molar refractivity (Wildman–Crippen MR) is 92.9 cm³/mol. The highest BCUT2D eigenvalue weighted by atomic mass is 35.5. The fourth-order valence-corrected chi connectivity index (χ4v) is 4.96. The molecule has 1 unspecified atom stereocenters. The van der Waals surface area contributed by atoms with Gasteiger partial charge in [-0.1, -0.05) is 11.6 Å². The molecule has 0 radical (unpaired) electrons. The molecule has 0 bridgehead atoms. The molecule has 9 heteroatoms. The number of anilines is 1. The van der Waals surface area contributed by atoms with Crippen molar-refractivity contribution in [3.05, 3.63) is 17.2 Å². The SMILES string of the molecule is COc1cc(OC)c(NC(=O)CNC2(C)CCS(=O)(=O)C2)cc1Cl. The summed E-state index contributed by atoms with van der Waals surface area (Å²) in [6.45, 7) is 1.79. The van der Waals surface area contributed by atoms with Gasteiger partial charge in [0.1, 0.15) is 11.5 Å². The van der Waals surface area contributed by atoms with E-state index < -0.39 is 15.4 Å². The number of nitrogens with one attached hydrogen (secondary N) is 2. The third-order valence-electron chi connectivity index (χ3n) is 3.93. The van der Waals surface area contributed by atoms with E-state index in [1.165, 1.54) is 14.2 Å². The monoisotopic (exact) mass is 376 g/mol. The third-order valence-corrected chi connectivity index (χ3v) is 6.13. The molecule has 7 nitrogen and oxygen atoms in total. The standard InChI is InChI=1S/C15H21ClN2O5S/c1-15(4-5-24(20,21)9-15)17-8-14(19)18-11-6-10(16)12(22-2)7-13(11)23-3/h6-7,17H,4-5,8-9H2,1-3H3,(H,18,19). The van der Waals surface area contributed by atoms with Crippen LogP contribution in [0, 0.1) is 0 Å². The minimum Gasteiger partial charge on any atom is -0.495 e. The number of methoxy groups -OCH3 is 2. The highest BCUT2D eigenvalue weighted by Crippen LogP contribution is 2.35. The van der Waals surface area contributed by atoms with E-state index in [9.17, 15) is 13.2 Å². The summed E-state index contributed by atoms with van der Waals surface area (Å²) >= 11 is 6.06. The number of amides is 1. The van der Waals surface area contributed by atoms with Crippen molar-refractivity contribution in [1.82, 2.24) is 5.32 Å². The van der Waals surface area contributed by atoms with Crippen LogP contribution in [-0.2, 0) is 14.6 Å². The number of rotatable bonds is 6. The summed E-state index contributed by atoms with van der Waals surface area (Å²) in [5.41, 5.74) is -0.169. The Bertz CT molecular complexity index is 738. The van der Waals surface area contributed by atoms with Crippen molar-refractivity contribution in [3.63, 3.8) is 0 Å². The molecule has 134 valence electrons. The minimum absolute atomic E-state index is 0.0151. The number of ether oxygens (including phenoxy) is 2. The molecule has 24 heavy (non-hydrogen) atoms. The number of carbonyl (C=O) groups is 1. The van der Waals surface area contributed by atoms with E-state index >= 15 is 0 Å². The zero-order valence-corrected chi connectivity index (χ0v) is 15.4. The average Bonchev–Trinajstić information content (AvgIpc) is 2.80. The van der Waals surface area contributed by atoms with Gasteiger partial charge in [0.05, 0.1) is 43.0 Å². The lowest BCUT2D eigenvalue weighted by Crippen LogP contribution is -2.46. The van der Waals surface area contributed by atoms with Gasteiger partial charge in [0.25, 0.3) is 0 Å². The van der Waals surface area contributed by atoms with E-state index in [0.29, 0.717) is 28.6 Å². The summed E-state index contributed by atoms with van der Waals surface area (Å²) in [5, 5.41) is 6.06. The van der Waals surface area contributed by atoms with Crippen LogP contribution < -0.4 is 20.1 Å².